The summed E-state index contributed by atoms with van der Waals surface area (Å²) in [6, 6.07) is 15.8. The van der Waals surface area contributed by atoms with E-state index in [0.29, 0.717) is 33.6 Å². The van der Waals surface area contributed by atoms with Gasteiger partial charge in [-0.1, -0.05) is 23.8 Å². The highest BCUT2D eigenvalue weighted by Gasteiger charge is 2.29. The van der Waals surface area contributed by atoms with E-state index < -0.39 is 26.6 Å². The van der Waals surface area contributed by atoms with E-state index in [2.05, 4.69) is 4.98 Å². The third-order valence-electron chi connectivity index (χ3n) is 7.01. The number of primary sulfonamides is 1. The summed E-state index contributed by atoms with van der Waals surface area (Å²) in [4.78, 5) is 3.91. The first-order valence-electron chi connectivity index (χ1n) is 13.0. The fourth-order valence-corrected chi connectivity index (χ4v) is 5.94. The fourth-order valence-electron chi connectivity index (χ4n) is 4.74. The van der Waals surface area contributed by atoms with Gasteiger partial charge in [0.2, 0.25) is 15.2 Å². The topological polar surface area (TPSA) is 100 Å². The summed E-state index contributed by atoms with van der Waals surface area (Å²) in [5.74, 6) is -0.396. The van der Waals surface area contributed by atoms with Crippen molar-refractivity contribution in [3.63, 3.8) is 0 Å². The first kappa shape index (κ1) is 27.3. The van der Waals surface area contributed by atoms with Crippen molar-refractivity contribution in [2.75, 3.05) is 0 Å². The fraction of sp³-hybridized carbons (Fsp3) is 0.200. The molecular formula is C30H26F2N4O3S2. The molecule has 5 aromatic rings. The van der Waals surface area contributed by atoms with Crippen molar-refractivity contribution >= 4 is 21.4 Å². The third-order valence-corrected chi connectivity index (χ3v) is 8.70. The van der Waals surface area contributed by atoms with Crippen molar-refractivity contribution in [1.82, 2.24) is 14.8 Å². The zero-order chi connectivity index (χ0) is 28.7. The number of aromatic nitrogens is 3. The number of rotatable bonds is 9. The minimum Gasteiger partial charge on any atom is -0.454 e. The van der Waals surface area contributed by atoms with Crippen LogP contribution in [-0.4, -0.2) is 23.2 Å². The molecule has 0 bridgehead atoms. The smallest absolute Gasteiger partial charge is 0.240 e. The van der Waals surface area contributed by atoms with E-state index in [9.17, 15) is 17.2 Å². The maximum atomic E-state index is 14.9. The van der Waals surface area contributed by atoms with Crippen LogP contribution >= 0.6 is 11.3 Å². The Morgan fingerprint density at radius 2 is 1.83 bits per heavy atom. The Bertz CT molecular complexity index is 1830. The Balaban J connectivity index is 1.47. The minimum absolute atomic E-state index is 0.0494. The number of ether oxygens (including phenoxy) is 1. The lowest BCUT2D eigenvalue weighted by Gasteiger charge is -2.11. The minimum atomic E-state index is -4.20. The van der Waals surface area contributed by atoms with Gasteiger partial charge in [-0.2, -0.15) is 5.10 Å². The lowest BCUT2D eigenvalue weighted by molar-refractivity contribution is 0.442. The van der Waals surface area contributed by atoms with Crippen LogP contribution in [0.2, 0.25) is 0 Å². The molecule has 0 spiro atoms. The molecule has 6 rings (SSSR count). The number of halogens is 2. The van der Waals surface area contributed by atoms with E-state index in [1.165, 1.54) is 29.5 Å². The summed E-state index contributed by atoms with van der Waals surface area (Å²) < 4.78 is 60.9. The number of hydrogen-bond acceptors (Lipinski definition) is 6. The van der Waals surface area contributed by atoms with Gasteiger partial charge in [0.05, 0.1) is 11.4 Å². The molecule has 0 saturated heterocycles. The van der Waals surface area contributed by atoms with Gasteiger partial charge in [-0.05, 0) is 80.1 Å². The van der Waals surface area contributed by atoms with Gasteiger partial charge in [-0.3, -0.25) is 0 Å². The monoisotopic (exact) mass is 592 g/mol. The SMILES string of the molecule is Cc1ccc(Oc2cc(-c3nn(-c4nccs4)c(CC4CC4)c3Cc3ccc(S(N)(=O)=O)c(F)c3)ccc2F)cc1. The van der Waals surface area contributed by atoms with Crippen LogP contribution in [0.1, 0.15) is 35.2 Å². The summed E-state index contributed by atoms with van der Waals surface area (Å²) in [6.45, 7) is 1.96. The molecule has 7 nitrogen and oxygen atoms in total. The first-order chi connectivity index (χ1) is 19.7. The molecule has 210 valence electrons. The van der Waals surface area contributed by atoms with Crippen LogP contribution in [0.3, 0.4) is 0 Å². The maximum Gasteiger partial charge on any atom is 0.240 e. The number of hydrogen-bond donors (Lipinski definition) is 1. The molecule has 11 heteroatoms. The van der Waals surface area contributed by atoms with Crippen molar-refractivity contribution in [2.24, 2.45) is 11.1 Å². The molecule has 0 aliphatic heterocycles. The molecule has 1 aliphatic rings. The number of nitrogens with two attached hydrogens (primary N) is 1. The first-order valence-corrected chi connectivity index (χ1v) is 15.4. The van der Waals surface area contributed by atoms with E-state index in [4.69, 9.17) is 15.0 Å². The van der Waals surface area contributed by atoms with Gasteiger partial charge in [0.25, 0.3) is 0 Å². The van der Waals surface area contributed by atoms with Crippen molar-refractivity contribution in [3.05, 3.63) is 106 Å². The number of sulfonamides is 1. The average Bonchev–Trinajstić information content (AvgIpc) is 3.45. The molecule has 2 heterocycles. The van der Waals surface area contributed by atoms with E-state index in [1.807, 2.05) is 29.1 Å². The summed E-state index contributed by atoms with van der Waals surface area (Å²) >= 11 is 1.44. The molecule has 3 aromatic carbocycles. The molecule has 1 fully saturated rings. The third kappa shape index (κ3) is 5.92. The Morgan fingerprint density at radius 1 is 1.05 bits per heavy atom. The molecule has 2 aromatic heterocycles. The highest BCUT2D eigenvalue weighted by molar-refractivity contribution is 7.89. The van der Waals surface area contributed by atoms with Gasteiger partial charge in [0.15, 0.2) is 11.6 Å². The summed E-state index contributed by atoms with van der Waals surface area (Å²) in [7, 11) is -4.20. The molecule has 0 amide bonds. The van der Waals surface area contributed by atoms with Crippen molar-refractivity contribution in [3.8, 4) is 27.9 Å². The van der Waals surface area contributed by atoms with Gasteiger partial charge >= 0.3 is 0 Å². The lowest BCUT2D eigenvalue weighted by atomic mass is 9.96. The predicted molar refractivity (Wildman–Crippen MR) is 153 cm³/mol. The largest absolute Gasteiger partial charge is 0.454 e. The molecule has 0 unspecified atom stereocenters. The number of aryl methyl sites for hydroxylation is 1. The quantitative estimate of drug-likeness (QED) is 0.209. The van der Waals surface area contributed by atoms with Crippen LogP contribution in [-0.2, 0) is 22.9 Å². The van der Waals surface area contributed by atoms with E-state index in [1.54, 1.807) is 36.5 Å². The van der Waals surface area contributed by atoms with Gasteiger partial charge in [-0.25, -0.2) is 32.0 Å². The Kier molecular flexibility index (Phi) is 7.18. The Morgan fingerprint density at radius 3 is 2.49 bits per heavy atom. The van der Waals surface area contributed by atoms with E-state index in [-0.39, 0.29) is 12.2 Å². The van der Waals surface area contributed by atoms with Crippen LogP contribution in [0.5, 0.6) is 11.5 Å². The highest BCUT2D eigenvalue weighted by atomic mass is 32.2. The van der Waals surface area contributed by atoms with E-state index >= 15 is 0 Å². The molecule has 0 atom stereocenters. The summed E-state index contributed by atoms with van der Waals surface area (Å²) in [5.41, 5.74) is 4.56. The van der Waals surface area contributed by atoms with Crippen LogP contribution in [0, 0.1) is 24.5 Å². The van der Waals surface area contributed by atoms with Crippen LogP contribution in [0.15, 0.2) is 77.1 Å². The van der Waals surface area contributed by atoms with Crippen LogP contribution in [0.25, 0.3) is 16.4 Å². The average molecular weight is 593 g/mol. The van der Waals surface area contributed by atoms with Gasteiger partial charge in [0.1, 0.15) is 16.5 Å². The molecule has 1 aliphatic carbocycles. The number of thiazole rings is 1. The van der Waals surface area contributed by atoms with Crippen LogP contribution < -0.4 is 9.88 Å². The zero-order valence-corrected chi connectivity index (χ0v) is 23.7. The maximum absolute atomic E-state index is 14.9. The molecule has 1 saturated carbocycles. The van der Waals surface area contributed by atoms with Crippen molar-refractivity contribution in [1.29, 1.82) is 0 Å². The van der Waals surface area contributed by atoms with Crippen LogP contribution in [0.4, 0.5) is 8.78 Å². The molecule has 0 radical (unpaired) electrons. The molecular weight excluding hydrogens is 566 g/mol. The Hall–Kier alpha value is -3.93. The second-order valence-electron chi connectivity index (χ2n) is 10.2. The van der Waals surface area contributed by atoms with Crippen molar-refractivity contribution in [2.45, 2.75) is 37.5 Å². The zero-order valence-electron chi connectivity index (χ0n) is 22.1. The second-order valence-corrected chi connectivity index (χ2v) is 12.6. The van der Waals surface area contributed by atoms with E-state index in [0.717, 1.165) is 36.1 Å². The van der Waals surface area contributed by atoms with Gasteiger partial charge < -0.3 is 4.74 Å². The Labute approximate surface area is 240 Å². The standard InChI is InChI=1S/C30H26F2N4O3S2/c1-18-2-8-22(9-3-18)39-27-17-21(7-10-24(27)31)29-23(14-20-6-11-28(25(32)15-20)41(33,37)38)26(16-19-4-5-19)36(35-29)30-34-12-13-40-30/h2-3,6-13,15,17,19H,4-5,14,16H2,1H3,(H2,33,37,38). The highest BCUT2D eigenvalue weighted by Crippen LogP contribution is 2.39. The number of benzene rings is 3. The number of nitrogens with zero attached hydrogens (tertiary/aromatic N) is 3. The summed E-state index contributed by atoms with van der Waals surface area (Å²) in [5, 5.41) is 12.7. The lowest BCUT2D eigenvalue weighted by Crippen LogP contribution is -2.14. The predicted octanol–water partition coefficient (Wildman–Crippen LogP) is 6.57. The molecule has 41 heavy (non-hydrogen) atoms. The van der Waals surface area contributed by atoms with Gasteiger partial charge in [0, 0.05) is 29.1 Å². The van der Waals surface area contributed by atoms with Crippen molar-refractivity contribution < 1.29 is 21.9 Å². The second kappa shape index (κ2) is 10.8. The normalized spacial score (nSPS) is 13.5. The molecule has 2 N–H and O–H groups in total. The summed E-state index contributed by atoms with van der Waals surface area (Å²) in [6.07, 6.45) is 4.90. The van der Waals surface area contributed by atoms with Gasteiger partial charge in [-0.15, -0.1) is 11.3 Å².